The van der Waals surface area contributed by atoms with Gasteiger partial charge in [-0.15, -0.1) is 0 Å². The Hall–Kier alpha value is -3.39. The van der Waals surface area contributed by atoms with E-state index in [4.69, 9.17) is 4.74 Å². The first-order valence-corrected chi connectivity index (χ1v) is 12.5. The first-order chi connectivity index (χ1) is 16.3. The number of nitrogens with zero attached hydrogens (tertiary/aromatic N) is 1. The van der Waals surface area contributed by atoms with Crippen molar-refractivity contribution >= 4 is 21.6 Å². The van der Waals surface area contributed by atoms with Gasteiger partial charge in [-0.25, -0.2) is 12.8 Å². The number of sulfonamides is 1. The Kier molecular flexibility index (Phi) is 6.88. The molecule has 0 aliphatic heterocycles. The van der Waals surface area contributed by atoms with Crippen LogP contribution in [0.5, 0.6) is 5.75 Å². The van der Waals surface area contributed by atoms with Gasteiger partial charge in [0.05, 0.1) is 23.7 Å². The third kappa shape index (κ3) is 4.92. The molecule has 0 heterocycles. The normalized spacial score (nSPS) is 15.3. The molecule has 3 aromatic carbocycles. The number of carbonyl (C=O) groups excluding carboxylic acids is 1. The van der Waals surface area contributed by atoms with Gasteiger partial charge in [0.2, 0.25) is 5.91 Å². The van der Waals surface area contributed by atoms with Crippen molar-refractivity contribution in [3.05, 3.63) is 89.2 Å². The molecule has 1 amide bonds. The zero-order valence-electron chi connectivity index (χ0n) is 19.1. The molecule has 3 aromatic rings. The maximum absolute atomic E-state index is 14.7. The van der Waals surface area contributed by atoms with E-state index < -0.39 is 28.3 Å². The molecule has 0 spiro atoms. The Morgan fingerprint density at radius 2 is 1.85 bits per heavy atom. The lowest BCUT2D eigenvalue weighted by atomic mass is 9.87. The molecule has 1 aliphatic rings. The van der Waals surface area contributed by atoms with Gasteiger partial charge in [0.15, 0.2) is 0 Å². The maximum Gasteiger partial charge on any atom is 0.264 e. The van der Waals surface area contributed by atoms with E-state index >= 15 is 0 Å². The largest absolute Gasteiger partial charge is 0.497 e. The first-order valence-electron chi connectivity index (χ1n) is 11.1. The molecule has 4 rings (SSSR count). The molecule has 1 N–H and O–H groups in total. The monoisotopic (exact) mass is 482 g/mol. The molecule has 0 saturated carbocycles. The predicted molar refractivity (Wildman–Crippen MR) is 129 cm³/mol. The molecule has 1 aliphatic carbocycles. The van der Waals surface area contributed by atoms with E-state index in [-0.39, 0.29) is 16.6 Å². The number of anilines is 1. The van der Waals surface area contributed by atoms with Crippen molar-refractivity contribution in [2.24, 2.45) is 0 Å². The van der Waals surface area contributed by atoms with Gasteiger partial charge in [0, 0.05) is 0 Å². The van der Waals surface area contributed by atoms with Gasteiger partial charge >= 0.3 is 0 Å². The van der Waals surface area contributed by atoms with E-state index in [1.54, 1.807) is 25.3 Å². The van der Waals surface area contributed by atoms with Gasteiger partial charge in [-0.3, -0.25) is 9.10 Å². The van der Waals surface area contributed by atoms with Crippen molar-refractivity contribution in [1.29, 1.82) is 0 Å². The number of hydrogen-bond acceptors (Lipinski definition) is 4. The van der Waals surface area contributed by atoms with Gasteiger partial charge in [-0.2, -0.15) is 0 Å². The van der Waals surface area contributed by atoms with Crippen molar-refractivity contribution in [3.8, 4) is 5.75 Å². The smallest absolute Gasteiger partial charge is 0.264 e. The summed E-state index contributed by atoms with van der Waals surface area (Å²) in [5, 5.41) is 2.96. The second-order valence-corrected chi connectivity index (χ2v) is 10.2. The molecule has 34 heavy (non-hydrogen) atoms. The zero-order chi connectivity index (χ0) is 24.3. The van der Waals surface area contributed by atoms with Crippen LogP contribution in [0, 0.1) is 12.7 Å². The number of carbonyl (C=O) groups is 1. The Bertz CT molecular complexity index is 1290. The van der Waals surface area contributed by atoms with E-state index in [1.807, 2.05) is 25.1 Å². The van der Waals surface area contributed by atoms with Crippen LogP contribution in [-0.4, -0.2) is 28.0 Å². The first kappa shape index (κ1) is 23.8. The van der Waals surface area contributed by atoms with Crippen molar-refractivity contribution in [3.63, 3.8) is 0 Å². The Morgan fingerprint density at radius 1 is 1.12 bits per heavy atom. The summed E-state index contributed by atoms with van der Waals surface area (Å²) in [6.07, 6.45) is 2.49. The number of aryl methyl sites for hydroxylation is 2. The molecular formula is C26H27FN2O4S. The Morgan fingerprint density at radius 3 is 2.56 bits per heavy atom. The number of ether oxygens (including phenoxy) is 1. The molecule has 1 unspecified atom stereocenters. The number of nitrogens with one attached hydrogen (secondary N) is 1. The lowest BCUT2D eigenvalue weighted by molar-refractivity contribution is -0.120. The van der Waals surface area contributed by atoms with E-state index in [0.717, 1.165) is 46.0 Å². The number of para-hydroxylation sites is 1. The summed E-state index contributed by atoms with van der Waals surface area (Å²) in [6, 6.07) is 17.3. The summed E-state index contributed by atoms with van der Waals surface area (Å²) >= 11 is 0. The van der Waals surface area contributed by atoms with Crippen LogP contribution in [0.3, 0.4) is 0 Å². The van der Waals surface area contributed by atoms with Gasteiger partial charge in [0.25, 0.3) is 10.0 Å². The number of methoxy groups -OCH3 is 1. The number of amides is 1. The molecule has 0 saturated heterocycles. The van der Waals surface area contributed by atoms with E-state index in [2.05, 4.69) is 5.32 Å². The van der Waals surface area contributed by atoms with Crippen LogP contribution in [0.4, 0.5) is 10.1 Å². The van der Waals surface area contributed by atoms with Gasteiger partial charge < -0.3 is 10.1 Å². The molecule has 8 heteroatoms. The number of benzene rings is 3. The number of fused-ring (bicyclic) bond motifs is 1. The zero-order valence-corrected chi connectivity index (χ0v) is 19.9. The minimum Gasteiger partial charge on any atom is -0.497 e. The lowest BCUT2D eigenvalue weighted by Gasteiger charge is -2.29. The summed E-state index contributed by atoms with van der Waals surface area (Å²) < 4.78 is 47.7. The highest BCUT2D eigenvalue weighted by atomic mass is 32.2. The second kappa shape index (κ2) is 9.85. The average Bonchev–Trinajstić information content (AvgIpc) is 2.83. The highest BCUT2D eigenvalue weighted by Gasteiger charge is 2.30. The fourth-order valence-electron chi connectivity index (χ4n) is 4.23. The van der Waals surface area contributed by atoms with Gasteiger partial charge in [-0.1, -0.05) is 35.9 Å². The highest BCUT2D eigenvalue weighted by molar-refractivity contribution is 7.92. The van der Waals surface area contributed by atoms with Crippen LogP contribution in [0.25, 0.3) is 0 Å². The summed E-state index contributed by atoms with van der Waals surface area (Å²) in [7, 11) is -2.58. The predicted octanol–water partition coefficient (Wildman–Crippen LogP) is 4.53. The summed E-state index contributed by atoms with van der Waals surface area (Å²) in [5.74, 6) is -0.477. The SMILES string of the molecule is COc1ccc2c(c1)CCCC2NC(=O)CN(c1ccccc1F)S(=O)(=O)c1ccc(C)cc1. The number of hydrogen-bond donors (Lipinski definition) is 1. The second-order valence-electron chi connectivity index (χ2n) is 8.35. The standard InChI is InChI=1S/C26H27FN2O4S/c1-18-10-13-21(14-11-18)34(31,32)29(25-9-4-3-7-23(25)27)17-26(30)28-24-8-5-6-19-16-20(33-2)12-15-22(19)24/h3-4,7,9-16,24H,5-6,8,17H2,1-2H3,(H,28,30). The molecular weight excluding hydrogens is 455 g/mol. The molecule has 0 radical (unpaired) electrons. The number of halogens is 1. The maximum atomic E-state index is 14.7. The van der Waals surface area contributed by atoms with Crippen LogP contribution < -0.4 is 14.4 Å². The van der Waals surface area contributed by atoms with Crippen molar-refractivity contribution in [2.75, 3.05) is 18.0 Å². The fraction of sp³-hybridized carbons (Fsp3) is 0.269. The number of rotatable bonds is 7. The fourth-order valence-corrected chi connectivity index (χ4v) is 5.66. The Labute approximate surface area is 199 Å². The topological polar surface area (TPSA) is 75.7 Å². The van der Waals surface area contributed by atoms with Crippen LogP contribution >= 0.6 is 0 Å². The molecule has 1 atom stereocenters. The summed E-state index contributed by atoms with van der Waals surface area (Å²) in [4.78, 5) is 13.1. The molecule has 0 fully saturated rings. The molecule has 178 valence electrons. The molecule has 6 nitrogen and oxygen atoms in total. The minimum absolute atomic E-state index is 0.00994. The summed E-state index contributed by atoms with van der Waals surface area (Å²) in [6.45, 7) is 1.30. The van der Waals surface area contributed by atoms with Crippen LogP contribution in [0.1, 0.15) is 35.6 Å². The van der Waals surface area contributed by atoms with Crippen LogP contribution in [-0.2, 0) is 21.2 Å². The van der Waals surface area contributed by atoms with E-state index in [0.29, 0.717) is 0 Å². The lowest BCUT2D eigenvalue weighted by Crippen LogP contribution is -2.42. The van der Waals surface area contributed by atoms with Crippen molar-refractivity contribution < 1.29 is 22.3 Å². The quantitative estimate of drug-likeness (QED) is 0.537. The molecule has 0 bridgehead atoms. The third-order valence-electron chi connectivity index (χ3n) is 6.02. The minimum atomic E-state index is -4.18. The van der Waals surface area contributed by atoms with Crippen molar-refractivity contribution in [1.82, 2.24) is 5.32 Å². The highest BCUT2D eigenvalue weighted by Crippen LogP contribution is 2.32. The summed E-state index contributed by atoms with van der Waals surface area (Å²) in [5.41, 5.74) is 2.79. The van der Waals surface area contributed by atoms with E-state index in [1.165, 1.54) is 30.3 Å². The van der Waals surface area contributed by atoms with Crippen LogP contribution in [0.15, 0.2) is 71.6 Å². The van der Waals surface area contributed by atoms with Crippen LogP contribution in [0.2, 0.25) is 0 Å². The third-order valence-corrected chi connectivity index (χ3v) is 7.79. The molecule has 0 aromatic heterocycles. The average molecular weight is 483 g/mol. The van der Waals surface area contributed by atoms with Gasteiger partial charge in [-0.05, 0) is 73.7 Å². The van der Waals surface area contributed by atoms with Gasteiger partial charge in [0.1, 0.15) is 18.1 Å². The van der Waals surface area contributed by atoms with E-state index in [9.17, 15) is 17.6 Å². The van der Waals surface area contributed by atoms with Crippen molar-refractivity contribution in [2.45, 2.75) is 37.1 Å². The Balaban J connectivity index is 1.62.